The van der Waals surface area contributed by atoms with Crippen molar-refractivity contribution in [2.75, 3.05) is 27.2 Å². The lowest BCUT2D eigenvalue weighted by atomic mass is 9.92. The Morgan fingerprint density at radius 1 is 1.22 bits per heavy atom. The highest BCUT2D eigenvalue weighted by Gasteiger charge is 2.26. The molecule has 3 rings (SSSR count). The molecule has 8 nitrogen and oxygen atoms in total. The van der Waals surface area contributed by atoms with Gasteiger partial charge in [-0.2, -0.15) is 0 Å². The summed E-state index contributed by atoms with van der Waals surface area (Å²) in [6.07, 6.45) is 7.14. The van der Waals surface area contributed by atoms with E-state index in [0.29, 0.717) is 35.8 Å². The molecule has 0 bridgehead atoms. The standard InChI is InChI=1S/C19H24N6O2/c1-13-16(9-20-11-21-13)18(26)25-6-4-5-14(10-25)7-15-8-17(23-12-22-15)19(27)24(2)3/h8-9,11-12,14H,4-7,10H2,1-3H3/t14-/m1/s1. The number of carbonyl (C=O) groups is 2. The summed E-state index contributed by atoms with van der Waals surface area (Å²) >= 11 is 0. The maximum absolute atomic E-state index is 12.8. The molecule has 27 heavy (non-hydrogen) atoms. The van der Waals surface area contributed by atoms with Crippen molar-refractivity contribution < 1.29 is 9.59 Å². The first kappa shape index (κ1) is 18.9. The maximum atomic E-state index is 12.8. The molecule has 0 unspecified atom stereocenters. The Hall–Kier alpha value is -2.90. The number of nitrogens with zero attached hydrogens (tertiary/aromatic N) is 6. The maximum Gasteiger partial charge on any atom is 0.272 e. The molecule has 1 aliphatic rings. The molecule has 0 spiro atoms. The third kappa shape index (κ3) is 4.45. The van der Waals surface area contributed by atoms with Gasteiger partial charge in [0.2, 0.25) is 0 Å². The van der Waals surface area contributed by atoms with E-state index in [2.05, 4.69) is 19.9 Å². The molecule has 0 N–H and O–H groups in total. The van der Waals surface area contributed by atoms with Crippen LogP contribution in [0, 0.1) is 12.8 Å². The first-order valence-electron chi connectivity index (χ1n) is 9.04. The van der Waals surface area contributed by atoms with Gasteiger partial charge < -0.3 is 9.80 Å². The molecule has 8 heteroatoms. The quantitative estimate of drug-likeness (QED) is 0.809. The number of carbonyl (C=O) groups excluding carboxylic acids is 2. The average Bonchev–Trinajstić information content (AvgIpc) is 2.67. The molecule has 1 atom stereocenters. The van der Waals surface area contributed by atoms with E-state index in [1.54, 1.807) is 26.4 Å². The van der Waals surface area contributed by atoms with Gasteiger partial charge in [-0.1, -0.05) is 0 Å². The molecular formula is C19H24N6O2. The van der Waals surface area contributed by atoms with Crippen molar-refractivity contribution in [3.63, 3.8) is 0 Å². The molecule has 142 valence electrons. The normalized spacial score (nSPS) is 16.9. The van der Waals surface area contributed by atoms with E-state index in [4.69, 9.17) is 0 Å². The molecule has 0 aliphatic carbocycles. The highest BCUT2D eigenvalue weighted by Crippen LogP contribution is 2.22. The fourth-order valence-corrected chi connectivity index (χ4v) is 3.34. The number of hydrogen-bond acceptors (Lipinski definition) is 6. The summed E-state index contributed by atoms with van der Waals surface area (Å²) in [6.45, 7) is 3.21. The fourth-order valence-electron chi connectivity index (χ4n) is 3.34. The number of amides is 2. The lowest BCUT2D eigenvalue weighted by molar-refractivity contribution is 0.0671. The van der Waals surface area contributed by atoms with E-state index in [0.717, 1.165) is 25.1 Å². The molecule has 1 fully saturated rings. The molecule has 1 saturated heterocycles. The van der Waals surface area contributed by atoms with Gasteiger partial charge in [-0.05, 0) is 38.2 Å². The monoisotopic (exact) mass is 368 g/mol. The number of hydrogen-bond donors (Lipinski definition) is 0. The van der Waals surface area contributed by atoms with Crippen molar-refractivity contribution in [3.8, 4) is 0 Å². The molecule has 2 aromatic heterocycles. The topological polar surface area (TPSA) is 92.2 Å². The summed E-state index contributed by atoms with van der Waals surface area (Å²) in [6, 6.07) is 1.75. The van der Waals surface area contributed by atoms with Crippen LogP contribution in [0.15, 0.2) is 24.9 Å². The second-order valence-corrected chi connectivity index (χ2v) is 7.08. The SMILES string of the molecule is Cc1ncncc1C(=O)N1CCC[C@H](Cc2cc(C(=O)N(C)C)ncn2)C1. The molecule has 0 radical (unpaired) electrons. The van der Waals surface area contributed by atoms with Crippen LogP contribution in [0.1, 0.15) is 45.1 Å². The van der Waals surface area contributed by atoms with Crippen LogP contribution < -0.4 is 0 Å². The van der Waals surface area contributed by atoms with Gasteiger partial charge >= 0.3 is 0 Å². The van der Waals surface area contributed by atoms with Crippen LogP contribution in [0.3, 0.4) is 0 Å². The lowest BCUT2D eigenvalue weighted by Crippen LogP contribution is -2.41. The molecule has 0 saturated carbocycles. The summed E-state index contributed by atoms with van der Waals surface area (Å²) in [4.78, 5) is 44.7. The Morgan fingerprint density at radius 2 is 2.04 bits per heavy atom. The second kappa shape index (κ2) is 8.20. The van der Waals surface area contributed by atoms with Crippen LogP contribution in [0.4, 0.5) is 0 Å². The lowest BCUT2D eigenvalue weighted by Gasteiger charge is -2.33. The van der Waals surface area contributed by atoms with E-state index in [-0.39, 0.29) is 11.8 Å². The summed E-state index contributed by atoms with van der Waals surface area (Å²) < 4.78 is 0. The van der Waals surface area contributed by atoms with Crippen LogP contribution in [-0.2, 0) is 6.42 Å². The molecule has 1 aliphatic heterocycles. The largest absolute Gasteiger partial charge is 0.343 e. The van der Waals surface area contributed by atoms with Gasteiger partial charge in [-0.15, -0.1) is 0 Å². The van der Waals surface area contributed by atoms with E-state index in [1.807, 2.05) is 11.8 Å². The van der Waals surface area contributed by atoms with Crippen molar-refractivity contribution in [2.45, 2.75) is 26.2 Å². The number of likely N-dealkylation sites (tertiary alicyclic amines) is 1. The summed E-state index contributed by atoms with van der Waals surface area (Å²) in [7, 11) is 3.40. The van der Waals surface area contributed by atoms with Crippen LogP contribution in [0.5, 0.6) is 0 Å². The Morgan fingerprint density at radius 3 is 2.78 bits per heavy atom. The number of aryl methyl sites for hydroxylation is 1. The van der Waals surface area contributed by atoms with Gasteiger partial charge in [0.15, 0.2) is 0 Å². The Balaban J connectivity index is 1.69. The first-order chi connectivity index (χ1) is 13.0. The van der Waals surface area contributed by atoms with Gasteiger partial charge in [0.1, 0.15) is 18.3 Å². The molecular weight excluding hydrogens is 344 g/mol. The Bertz CT molecular complexity index is 838. The molecule has 0 aromatic carbocycles. The molecule has 3 heterocycles. The highest BCUT2D eigenvalue weighted by atomic mass is 16.2. The van der Waals surface area contributed by atoms with Crippen molar-refractivity contribution in [2.24, 2.45) is 5.92 Å². The van der Waals surface area contributed by atoms with Crippen molar-refractivity contribution >= 4 is 11.8 Å². The summed E-state index contributed by atoms with van der Waals surface area (Å²) in [5.74, 6) is 0.132. The number of rotatable bonds is 4. The average molecular weight is 368 g/mol. The van der Waals surface area contributed by atoms with Crippen molar-refractivity contribution in [3.05, 3.63) is 47.6 Å². The minimum atomic E-state index is -0.140. The Labute approximate surface area is 158 Å². The molecule has 2 amide bonds. The van der Waals surface area contributed by atoms with E-state index in [1.165, 1.54) is 17.6 Å². The van der Waals surface area contributed by atoms with E-state index in [9.17, 15) is 9.59 Å². The van der Waals surface area contributed by atoms with E-state index >= 15 is 0 Å². The van der Waals surface area contributed by atoms with Gasteiger partial charge in [0.05, 0.1) is 11.3 Å². The zero-order chi connectivity index (χ0) is 19.4. The zero-order valence-electron chi connectivity index (χ0n) is 15.9. The van der Waals surface area contributed by atoms with Gasteiger partial charge in [-0.3, -0.25) is 9.59 Å². The minimum absolute atomic E-state index is 0.0241. The predicted molar refractivity (Wildman–Crippen MR) is 99.2 cm³/mol. The van der Waals surface area contributed by atoms with Crippen molar-refractivity contribution in [1.29, 1.82) is 0 Å². The van der Waals surface area contributed by atoms with Gasteiger partial charge in [-0.25, -0.2) is 19.9 Å². The smallest absolute Gasteiger partial charge is 0.272 e. The second-order valence-electron chi connectivity index (χ2n) is 7.08. The Kier molecular flexibility index (Phi) is 5.73. The van der Waals surface area contributed by atoms with Crippen LogP contribution in [0.25, 0.3) is 0 Å². The van der Waals surface area contributed by atoms with Crippen LogP contribution in [0.2, 0.25) is 0 Å². The third-order valence-electron chi connectivity index (χ3n) is 4.79. The molecule has 2 aromatic rings. The number of aromatic nitrogens is 4. The van der Waals surface area contributed by atoms with E-state index < -0.39 is 0 Å². The van der Waals surface area contributed by atoms with Crippen LogP contribution >= 0.6 is 0 Å². The van der Waals surface area contributed by atoms with Crippen molar-refractivity contribution in [1.82, 2.24) is 29.7 Å². The van der Waals surface area contributed by atoms with Gasteiger partial charge in [0, 0.05) is 39.1 Å². The minimum Gasteiger partial charge on any atom is -0.343 e. The zero-order valence-corrected chi connectivity index (χ0v) is 15.9. The van der Waals surface area contributed by atoms with Crippen LogP contribution in [-0.4, -0.2) is 68.7 Å². The summed E-state index contributed by atoms with van der Waals surface area (Å²) in [5, 5.41) is 0. The fraction of sp³-hybridized carbons (Fsp3) is 0.474. The predicted octanol–water partition coefficient (Wildman–Crippen LogP) is 1.37. The number of piperidine rings is 1. The van der Waals surface area contributed by atoms with Gasteiger partial charge in [0.25, 0.3) is 11.8 Å². The summed E-state index contributed by atoms with van der Waals surface area (Å²) in [5.41, 5.74) is 2.47. The third-order valence-corrected chi connectivity index (χ3v) is 4.79. The first-order valence-corrected chi connectivity index (χ1v) is 9.04. The highest BCUT2D eigenvalue weighted by molar-refractivity contribution is 5.95.